The molecule has 1 atom stereocenters. The van der Waals surface area contributed by atoms with Crippen LogP contribution in [0, 0.1) is 5.92 Å². The molecule has 1 fully saturated rings. The molecule has 0 spiro atoms. The van der Waals surface area contributed by atoms with Gasteiger partial charge in [-0.05, 0) is 38.8 Å². The van der Waals surface area contributed by atoms with Crippen molar-refractivity contribution in [1.29, 1.82) is 0 Å². The minimum absolute atomic E-state index is 0.0573. The second-order valence-electron chi connectivity index (χ2n) is 6.62. The number of carbonyl (C=O) groups excluding carboxylic acids is 1. The number of nitrogens with zero attached hydrogens (tertiary/aromatic N) is 2. The number of benzene rings is 1. The molecule has 1 amide bonds. The van der Waals surface area contributed by atoms with Crippen LogP contribution in [0.5, 0.6) is 0 Å². The molecule has 4 heteroatoms. The standard InChI is InChI=1S/C19H27N3O/c1-3-22-17-13-9-8-12-16(17)21-18(22)14(2)20-19(23)15-10-6-4-5-7-11-15/h8-9,12-15H,3-7,10-11H2,1-2H3,(H,20,23). The number of aryl methyl sites for hydroxylation is 1. The summed E-state index contributed by atoms with van der Waals surface area (Å²) < 4.78 is 2.20. The van der Waals surface area contributed by atoms with Gasteiger partial charge < -0.3 is 9.88 Å². The van der Waals surface area contributed by atoms with Crippen molar-refractivity contribution >= 4 is 16.9 Å². The van der Waals surface area contributed by atoms with E-state index in [2.05, 4.69) is 22.9 Å². The van der Waals surface area contributed by atoms with Crippen molar-refractivity contribution in [2.75, 3.05) is 0 Å². The van der Waals surface area contributed by atoms with Crippen LogP contribution in [0.2, 0.25) is 0 Å². The number of amides is 1. The van der Waals surface area contributed by atoms with Crippen molar-refractivity contribution in [2.24, 2.45) is 5.92 Å². The van der Waals surface area contributed by atoms with Crippen LogP contribution in [0.15, 0.2) is 24.3 Å². The van der Waals surface area contributed by atoms with Crippen LogP contribution >= 0.6 is 0 Å². The van der Waals surface area contributed by atoms with Crippen molar-refractivity contribution in [2.45, 2.75) is 65.0 Å². The summed E-state index contributed by atoms with van der Waals surface area (Å²) in [5.41, 5.74) is 2.14. The average molecular weight is 313 g/mol. The first kappa shape index (κ1) is 16.0. The zero-order valence-electron chi connectivity index (χ0n) is 14.2. The molecule has 0 aliphatic heterocycles. The van der Waals surface area contributed by atoms with Gasteiger partial charge in [0.15, 0.2) is 0 Å². The monoisotopic (exact) mass is 313 g/mol. The largest absolute Gasteiger partial charge is 0.346 e. The highest BCUT2D eigenvalue weighted by Gasteiger charge is 2.23. The molecule has 3 rings (SSSR count). The van der Waals surface area contributed by atoms with Gasteiger partial charge in [0.2, 0.25) is 5.91 Å². The van der Waals surface area contributed by atoms with E-state index in [0.29, 0.717) is 0 Å². The Kier molecular flexibility index (Phi) is 4.99. The first-order valence-electron chi connectivity index (χ1n) is 8.96. The summed E-state index contributed by atoms with van der Waals surface area (Å²) >= 11 is 0. The predicted octanol–water partition coefficient (Wildman–Crippen LogP) is 4.20. The van der Waals surface area contributed by atoms with E-state index in [1.807, 2.05) is 25.1 Å². The second-order valence-corrected chi connectivity index (χ2v) is 6.62. The Balaban J connectivity index is 1.77. The molecule has 0 saturated heterocycles. The fourth-order valence-electron chi connectivity index (χ4n) is 3.69. The summed E-state index contributed by atoms with van der Waals surface area (Å²) in [6, 6.07) is 8.11. The lowest BCUT2D eigenvalue weighted by Gasteiger charge is -2.19. The van der Waals surface area contributed by atoms with Crippen LogP contribution in [-0.4, -0.2) is 15.5 Å². The summed E-state index contributed by atoms with van der Waals surface area (Å²) in [6.45, 7) is 5.03. The highest BCUT2D eigenvalue weighted by molar-refractivity contribution is 5.79. The van der Waals surface area contributed by atoms with E-state index in [1.54, 1.807) is 0 Å². The number of hydrogen-bond donors (Lipinski definition) is 1. The van der Waals surface area contributed by atoms with Crippen molar-refractivity contribution in [3.05, 3.63) is 30.1 Å². The number of nitrogens with one attached hydrogen (secondary N) is 1. The Hall–Kier alpha value is -1.84. The molecule has 1 unspecified atom stereocenters. The van der Waals surface area contributed by atoms with Crippen LogP contribution in [-0.2, 0) is 11.3 Å². The Morgan fingerprint density at radius 2 is 1.96 bits per heavy atom. The summed E-state index contributed by atoms with van der Waals surface area (Å²) in [4.78, 5) is 17.3. The molecule has 0 radical (unpaired) electrons. The van der Waals surface area contributed by atoms with E-state index in [-0.39, 0.29) is 17.9 Å². The van der Waals surface area contributed by atoms with E-state index in [9.17, 15) is 4.79 Å². The van der Waals surface area contributed by atoms with Crippen LogP contribution in [0.3, 0.4) is 0 Å². The number of carbonyl (C=O) groups is 1. The van der Waals surface area contributed by atoms with Gasteiger partial charge in [-0.1, -0.05) is 37.8 Å². The maximum atomic E-state index is 12.6. The van der Waals surface area contributed by atoms with E-state index >= 15 is 0 Å². The van der Waals surface area contributed by atoms with Gasteiger partial charge in [-0.15, -0.1) is 0 Å². The number of fused-ring (bicyclic) bond motifs is 1. The van der Waals surface area contributed by atoms with Crippen molar-refractivity contribution < 1.29 is 4.79 Å². The molecule has 0 bridgehead atoms. The third-order valence-corrected chi connectivity index (χ3v) is 4.97. The first-order valence-corrected chi connectivity index (χ1v) is 8.96. The third-order valence-electron chi connectivity index (χ3n) is 4.97. The minimum Gasteiger partial charge on any atom is -0.346 e. The highest BCUT2D eigenvalue weighted by Crippen LogP contribution is 2.25. The number of rotatable bonds is 4. The van der Waals surface area contributed by atoms with Gasteiger partial charge in [-0.25, -0.2) is 4.98 Å². The van der Waals surface area contributed by atoms with Gasteiger partial charge in [0.25, 0.3) is 0 Å². The fourth-order valence-corrected chi connectivity index (χ4v) is 3.69. The first-order chi connectivity index (χ1) is 11.2. The molecule has 1 aliphatic rings. The van der Waals surface area contributed by atoms with E-state index in [4.69, 9.17) is 4.98 Å². The van der Waals surface area contributed by atoms with Gasteiger partial charge in [-0.2, -0.15) is 0 Å². The quantitative estimate of drug-likeness (QED) is 0.860. The molecule has 4 nitrogen and oxygen atoms in total. The fraction of sp³-hybridized carbons (Fsp3) is 0.579. The normalized spacial score (nSPS) is 17.8. The number of hydrogen-bond acceptors (Lipinski definition) is 2. The molecular formula is C19H27N3O. The number of imidazole rings is 1. The highest BCUT2D eigenvalue weighted by atomic mass is 16.1. The molecule has 1 aliphatic carbocycles. The van der Waals surface area contributed by atoms with Gasteiger partial charge in [-0.3, -0.25) is 4.79 Å². The zero-order chi connectivity index (χ0) is 16.2. The van der Waals surface area contributed by atoms with E-state index < -0.39 is 0 Å². The van der Waals surface area contributed by atoms with Crippen LogP contribution in [0.25, 0.3) is 11.0 Å². The summed E-state index contributed by atoms with van der Waals surface area (Å²) in [6.07, 6.45) is 6.96. The van der Waals surface area contributed by atoms with Crippen molar-refractivity contribution in [3.63, 3.8) is 0 Å². The van der Waals surface area contributed by atoms with Gasteiger partial charge in [0.1, 0.15) is 5.82 Å². The maximum Gasteiger partial charge on any atom is 0.223 e. The third kappa shape index (κ3) is 3.41. The van der Waals surface area contributed by atoms with Crippen molar-refractivity contribution in [3.8, 4) is 0 Å². The Morgan fingerprint density at radius 1 is 1.26 bits per heavy atom. The zero-order valence-corrected chi connectivity index (χ0v) is 14.2. The summed E-state index contributed by atoms with van der Waals surface area (Å²) in [5, 5.41) is 3.21. The van der Waals surface area contributed by atoms with E-state index in [0.717, 1.165) is 36.2 Å². The molecule has 1 aromatic heterocycles. The lowest BCUT2D eigenvalue weighted by molar-refractivity contribution is -0.126. The lowest BCUT2D eigenvalue weighted by atomic mass is 9.99. The molecule has 1 N–H and O–H groups in total. The van der Waals surface area contributed by atoms with Crippen LogP contribution < -0.4 is 5.32 Å². The maximum absolute atomic E-state index is 12.6. The smallest absolute Gasteiger partial charge is 0.223 e. The van der Waals surface area contributed by atoms with Crippen molar-refractivity contribution in [1.82, 2.24) is 14.9 Å². The average Bonchev–Trinajstić information content (AvgIpc) is 2.73. The SMILES string of the molecule is CCn1c(C(C)NC(=O)C2CCCCCC2)nc2ccccc21. The molecule has 1 heterocycles. The van der Waals surface area contributed by atoms with Gasteiger partial charge >= 0.3 is 0 Å². The van der Waals surface area contributed by atoms with Crippen LogP contribution in [0.4, 0.5) is 0 Å². The molecule has 23 heavy (non-hydrogen) atoms. The second kappa shape index (κ2) is 7.16. The molecular weight excluding hydrogens is 286 g/mol. The Bertz CT molecular complexity index is 668. The minimum atomic E-state index is -0.0573. The van der Waals surface area contributed by atoms with Crippen LogP contribution in [0.1, 0.15) is 64.2 Å². The molecule has 1 saturated carbocycles. The number of para-hydroxylation sites is 2. The van der Waals surface area contributed by atoms with Gasteiger partial charge in [0.05, 0.1) is 17.1 Å². The topological polar surface area (TPSA) is 46.9 Å². The lowest BCUT2D eigenvalue weighted by Crippen LogP contribution is -2.33. The van der Waals surface area contributed by atoms with E-state index in [1.165, 1.54) is 25.7 Å². The predicted molar refractivity (Wildman–Crippen MR) is 93.2 cm³/mol. The summed E-state index contributed by atoms with van der Waals surface area (Å²) in [7, 11) is 0. The van der Waals surface area contributed by atoms with Gasteiger partial charge in [0, 0.05) is 12.5 Å². The molecule has 2 aromatic rings. The molecule has 1 aromatic carbocycles. The number of aromatic nitrogens is 2. The Labute approximate surface area is 138 Å². The summed E-state index contributed by atoms with van der Waals surface area (Å²) in [5.74, 6) is 1.34. The Morgan fingerprint density at radius 3 is 2.65 bits per heavy atom. The molecule has 124 valence electrons.